The summed E-state index contributed by atoms with van der Waals surface area (Å²) in [6.07, 6.45) is 1.67. The molecule has 3 aromatic rings. The second-order valence-corrected chi connectivity index (χ2v) is 6.44. The molecule has 0 saturated carbocycles. The van der Waals surface area contributed by atoms with Gasteiger partial charge in [0.1, 0.15) is 6.04 Å². The van der Waals surface area contributed by atoms with Crippen molar-refractivity contribution >= 4 is 23.5 Å². The summed E-state index contributed by atoms with van der Waals surface area (Å²) < 4.78 is 1.77. The Kier molecular flexibility index (Phi) is 4.71. The minimum atomic E-state index is -0.869. The highest BCUT2D eigenvalue weighted by Crippen LogP contribution is 2.14. The third-order valence-corrected chi connectivity index (χ3v) is 4.51. The maximum atomic E-state index is 12.5. The number of pyridine rings is 1. The van der Waals surface area contributed by atoms with Crippen molar-refractivity contribution in [2.24, 2.45) is 0 Å². The van der Waals surface area contributed by atoms with Gasteiger partial charge in [0.2, 0.25) is 5.91 Å². The minimum Gasteiger partial charge on any atom is -0.349 e. The van der Waals surface area contributed by atoms with Crippen molar-refractivity contribution < 1.29 is 14.4 Å². The van der Waals surface area contributed by atoms with Gasteiger partial charge in [-0.15, -0.1) is 10.2 Å². The number of carbonyl (C=O) groups is 3. The quantitative estimate of drug-likeness (QED) is 0.619. The number of imide groups is 1. The van der Waals surface area contributed by atoms with Crippen molar-refractivity contribution in [2.75, 3.05) is 0 Å². The number of urea groups is 1. The summed E-state index contributed by atoms with van der Waals surface area (Å²) in [5, 5.41) is 13.3. The number of hydrogen-bond donors (Lipinski definition) is 2. The lowest BCUT2D eigenvalue weighted by Gasteiger charge is -2.13. The third kappa shape index (κ3) is 3.54. The van der Waals surface area contributed by atoms with E-state index < -0.39 is 18.0 Å². The number of nitrogens with one attached hydrogen (secondary N) is 2. The van der Waals surface area contributed by atoms with E-state index >= 15 is 0 Å². The molecule has 4 amide bonds. The molecule has 0 radical (unpaired) electrons. The molecule has 9 heteroatoms. The highest BCUT2D eigenvalue weighted by atomic mass is 16.2. The van der Waals surface area contributed by atoms with Crippen molar-refractivity contribution in [1.29, 1.82) is 0 Å². The van der Waals surface area contributed by atoms with Gasteiger partial charge >= 0.3 is 6.03 Å². The first kappa shape index (κ1) is 17.7. The average molecular weight is 378 g/mol. The number of rotatable bonds is 6. The molecule has 1 fully saturated rings. The summed E-state index contributed by atoms with van der Waals surface area (Å²) >= 11 is 0. The summed E-state index contributed by atoms with van der Waals surface area (Å²) in [7, 11) is 0. The monoisotopic (exact) mass is 378 g/mol. The van der Waals surface area contributed by atoms with Gasteiger partial charge in [0, 0.05) is 6.20 Å². The second kappa shape index (κ2) is 7.47. The molecule has 1 aliphatic heterocycles. The molecule has 142 valence electrons. The molecule has 3 heterocycles. The number of aromatic nitrogens is 3. The first-order valence-electron chi connectivity index (χ1n) is 8.83. The summed E-state index contributed by atoms with van der Waals surface area (Å²) in [6.45, 7) is 0.349. The topological polar surface area (TPSA) is 109 Å². The van der Waals surface area contributed by atoms with Gasteiger partial charge in [-0.1, -0.05) is 36.4 Å². The normalized spacial score (nSPS) is 16.4. The Hall–Kier alpha value is -3.75. The molecule has 2 aromatic heterocycles. The van der Waals surface area contributed by atoms with E-state index in [0.717, 1.165) is 10.5 Å². The molecular weight excluding hydrogens is 360 g/mol. The van der Waals surface area contributed by atoms with Gasteiger partial charge in [-0.05, 0) is 17.7 Å². The molecule has 0 bridgehead atoms. The predicted molar refractivity (Wildman–Crippen MR) is 98.8 cm³/mol. The highest BCUT2D eigenvalue weighted by molar-refractivity contribution is 6.05. The van der Waals surface area contributed by atoms with Gasteiger partial charge in [0.05, 0.1) is 19.5 Å². The number of nitrogens with zero attached hydrogens (tertiary/aromatic N) is 4. The Balaban J connectivity index is 1.34. The molecule has 2 N–H and O–H groups in total. The summed E-state index contributed by atoms with van der Waals surface area (Å²) in [5.74, 6) is -0.179. The van der Waals surface area contributed by atoms with E-state index in [-0.39, 0.29) is 25.4 Å². The Bertz CT molecular complexity index is 1030. The lowest BCUT2D eigenvalue weighted by atomic mass is 10.1. The van der Waals surface area contributed by atoms with Crippen LogP contribution in [0.5, 0.6) is 0 Å². The zero-order valence-corrected chi connectivity index (χ0v) is 14.9. The first-order valence-corrected chi connectivity index (χ1v) is 8.83. The molecule has 4 rings (SSSR count). The minimum absolute atomic E-state index is 0.132. The van der Waals surface area contributed by atoms with Gasteiger partial charge < -0.3 is 10.6 Å². The lowest BCUT2D eigenvalue weighted by molar-refractivity contribution is -0.131. The molecule has 1 aliphatic rings. The van der Waals surface area contributed by atoms with E-state index in [9.17, 15) is 14.4 Å². The number of hydrogen-bond acceptors (Lipinski definition) is 5. The lowest BCUT2D eigenvalue weighted by Crippen LogP contribution is -2.36. The van der Waals surface area contributed by atoms with Crippen LogP contribution in [0.2, 0.25) is 0 Å². The van der Waals surface area contributed by atoms with E-state index in [4.69, 9.17) is 0 Å². The summed E-state index contributed by atoms with van der Waals surface area (Å²) in [6, 6.07) is 13.4. The Morgan fingerprint density at radius 2 is 1.86 bits per heavy atom. The van der Waals surface area contributed by atoms with Crippen molar-refractivity contribution in [2.45, 2.75) is 25.6 Å². The van der Waals surface area contributed by atoms with E-state index in [1.54, 1.807) is 10.6 Å². The zero-order valence-electron chi connectivity index (χ0n) is 14.9. The van der Waals surface area contributed by atoms with Crippen molar-refractivity contribution in [3.63, 3.8) is 0 Å². The van der Waals surface area contributed by atoms with Crippen LogP contribution in [-0.4, -0.2) is 43.4 Å². The van der Waals surface area contributed by atoms with Gasteiger partial charge in [0.25, 0.3) is 5.91 Å². The highest BCUT2D eigenvalue weighted by Gasteiger charge is 2.38. The molecule has 1 unspecified atom stereocenters. The zero-order chi connectivity index (χ0) is 19.5. The molecule has 9 nitrogen and oxygen atoms in total. The molecule has 1 saturated heterocycles. The summed E-state index contributed by atoms with van der Waals surface area (Å²) in [5.41, 5.74) is 1.52. The van der Waals surface area contributed by atoms with Crippen LogP contribution in [0.1, 0.15) is 17.8 Å². The maximum Gasteiger partial charge on any atom is 0.325 e. The van der Waals surface area contributed by atoms with Crippen LogP contribution < -0.4 is 10.6 Å². The molecule has 0 spiro atoms. The Labute approximate surface area is 160 Å². The fourth-order valence-corrected chi connectivity index (χ4v) is 3.08. The van der Waals surface area contributed by atoms with Crippen molar-refractivity contribution in [3.05, 3.63) is 66.1 Å². The first-order chi connectivity index (χ1) is 13.6. The molecular formula is C19H18N6O3. The van der Waals surface area contributed by atoms with E-state index in [1.807, 2.05) is 48.5 Å². The van der Waals surface area contributed by atoms with Crippen LogP contribution >= 0.6 is 0 Å². The number of benzene rings is 1. The number of fused-ring (bicyclic) bond motifs is 1. The fraction of sp³-hybridized carbons (Fsp3) is 0.211. The largest absolute Gasteiger partial charge is 0.349 e. The smallest absolute Gasteiger partial charge is 0.325 e. The molecule has 28 heavy (non-hydrogen) atoms. The number of amides is 4. The average Bonchev–Trinajstić information content (AvgIpc) is 3.23. The number of carbonyl (C=O) groups excluding carboxylic acids is 3. The van der Waals surface area contributed by atoms with Gasteiger partial charge in [-0.25, -0.2) is 4.79 Å². The summed E-state index contributed by atoms with van der Waals surface area (Å²) in [4.78, 5) is 38.0. The van der Waals surface area contributed by atoms with E-state index in [0.29, 0.717) is 11.5 Å². The van der Waals surface area contributed by atoms with Gasteiger partial charge in [0.15, 0.2) is 11.5 Å². The second-order valence-electron chi connectivity index (χ2n) is 6.44. The standard InChI is InChI=1S/C19H18N6O3/c26-17(20-11-16-23-22-15-8-4-5-9-24(15)16)10-14-18(27)25(19(28)21-14)12-13-6-2-1-3-7-13/h1-9,14H,10-12H2,(H,20,26)(H,21,28). The maximum absolute atomic E-state index is 12.5. The molecule has 0 aliphatic carbocycles. The predicted octanol–water partition coefficient (Wildman–Crippen LogP) is 0.856. The van der Waals surface area contributed by atoms with Crippen LogP contribution in [-0.2, 0) is 22.7 Å². The van der Waals surface area contributed by atoms with Crippen molar-refractivity contribution in [3.8, 4) is 0 Å². The van der Waals surface area contributed by atoms with Crippen LogP contribution in [0.3, 0.4) is 0 Å². The van der Waals surface area contributed by atoms with Crippen LogP contribution in [0, 0.1) is 0 Å². The van der Waals surface area contributed by atoms with E-state index in [1.165, 1.54) is 0 Å². The van der Waals surface area contributed by atoms with Crippen molar-refractivity contribution in [1.82, 2.24) is 30.1 Å². The van der Waals surface area contributed by atoms with Gasteiger partial charge in [-0.3, -0.25) is 18.9 Å². The fourth-order valence-electron chi connectivity index (χ4n) is 3.08. The van der Waals surface area contributed by atoms with Crippen LogP contribution in [0.25, 0.3) is 5.65 Å². The third-order valence-electron chi connectivity index (χ3n) is 4.51. The van der Waals surface area contributed by atoms with E-state index in [2.05, 4.69) is 20.8 Å². The molecule has 1 atom stereocenters. The SMILES string of the molecule is O=C(CC1NC(=O)N(Cc2ccccc2)C1=O)NCc1nnc2ccccn12. The molecule has 1 aromatic carbocycles. The van der Waals surface area contributed by atoms with Gasteiger partial charge in [-0.2, -0.15) is 0 Å². The Morgan fingerprint density at radius 3 is 2.68 bits per heavy atom. The Morgan fingerprint density at radius 1 is 1.07 bits per heavy atom. The van der Waals surface area contributed by atoms with Crippen LogP contribution in [0.4, 0.5) is 4.79 Å². The van der Waals surface area contributed by atoms with Crippen LogP contribution in [0.15, 0.2) is 54.7 Å².